The summed E-state index contributed by atoms with van der Waals surface area (Å²) in [7, 11) is 0. The molecule has 344 valence electrons. The van der Waals surface area contributed by atoms with Crippen molar-refractivity contribution in [2.75, 3.05) is 78.9 Å². The summed E-state index contributed by atoms with van der Waals surface area (Å²) in [6.07, 6.45) is 39.5. The number of carbonyl (C=O) groups excluding carboxylic acids is 2. The SMILES string of the molecule is CCN(CC)CCOCCOC(=O)CCCCCCCCCCC1CCCC1.CCN(CC)CCOCCOC(=O)CCCCCCCCCCCCC1CCCC1. The van der Waals surface area contributed by atoms with Crippen LogP contribution in [-0.4, -0.2) is 101 Å². The molecule has 58 heavy (non-hydrogen) atoms. The van der Waals surface area contributed by atoms with Crippen molar-refractivity contribution in [3.63, 3.8) is 0 Å². The van der Waals surface area contributed by atoms with Gasteiger partial charge in [-0.2, -0.15) is 0 Å². The summed E-state index contributed by atoms with van der Waals surface area (Å²) in [5, 5.41) is 0. The van der Waals surface area contributed by atoms with Gasteiger partial charge < -0.3 is 28.7 Å². The third-order valence-electron chi connectivity index (χ3n) is 12.8. The Balaban J connectivity index is 0.000000581. The van der Waals surface area contributed by atoms with Crippen LogP contribution in [0.1, 0.15) is 220 Å². The molecule has 2 aliphatic rings. The van der Waals surface area contributed by atoms with Crippen molar-refractivity contribution >= 4 is 11.9 Å². The summed E-state index contributed by atoms with van der Waals surface area (Å²) in [5.41, 5.74) is 0. The molecule has 0 heterocycles. The second kappa shape index (κ2) is 42.5. The van der Waals surface area contributed by atoms with Gasteiger partial charge >= 0.3 is 11.9 Å². The maximum Gasteiger partial charge on any atom is 0.305 e. The lowest BCUT2D eigenvalue weighted by atomic mass is 9.99. The minimum atomic E-state index is -0.0701. The molecule has 2 aliphatic carbocycles. The first kappa shape index (κ1) is 54.8. The summed E-state index contributed by atoms with van der Waals surface area (Å²) >= 11 is 0. The monoisotopic (exact) mass is 823 g/mol. The van der Waals surface area contributed by atoms with E-state index < -0.39 is 0 Å². The van der Waals surface area contributed by atoms with E-state index in [0.29, 0.717) is 52.5 Å². The average molecular weight is 823 g/mol. The number of hydrogen-bond acceptors (Lipinski definition) is 8. The van der Waals surface area contributed by atoms with Crippen molar-refractivity contribution < 1.29 is 28.5 Å². The van der Waals surface area contributed by atoms with Crippen LogP contribution in [-0.2, 0) is 28.5 Å². The molecular weight excluding hydrogens is 725 g/mol. The fraction of sp³-hybridized carbons (Fsp3) is 0.960. The molecule has 0 amide bonds. The number of likely N-dealkylation sites (N-methyl/N-ethyl adjacent to an activating group) is 2. The van der Waals surface area contributed by atoms with Crippen molar-refractivity contribution in [1.82, 2.24) is 9.80 Å². The van der Waals surface area contributed by atoms with Crippen LogP contribution in [0.5, 0.6) is 0 Å². The highest BCUT2D eigenvalue weighted by Crippen LogP contribution is 2.30. The van der Waals surface area contributed by atoms with Crippen LogP contribution in [0.15, 0.2) is 0 Å². The van der Waals surface area contributed by atoms with E-state index in [1.165, 1.54) is 154 Å². The van der Waals surface area contributed by atoms with Gasteiger partial charge in [-0.1, -0.05) is 195 Å². The number of ether oxygens (including phenoxy) is 4. The number of rotatable bonds is 40. The first-order valence-electron chi connectivity index (χ1n) is 25.4. The Labute approximate surface area is 360 Å². The van der Waals surface area contributed by atoms with E-state index in [-0.39, 0.29) is 11.9 Å². The molecule has 0 unspecified atom stereocenters. The highest BCUT2D eigenvalue weighted by Gasteiger charge is 2.15. The molecule has 0 spiro atoms. The van der Waals surface area contributed by atoms with Crippen molar-refractivity contribution in [3.8, 4) is 0 Å². The molecule has 0 aliphatic heterocycles. The fourth-order valence-electron chi connectivity index (χ4n) is 8.72. The molecule has 0 saturated heterocycles. The van der Waals surface area contributed by atoms with Crippen molar-refractivity contribution in [3.05, 3.63) is 0 Å². The fourth-order valence-corrected chi connectivity index (χ4v) is 8.72. The van der Waals surface area contributed by atoms with E-state index in [9.17, 15) is 9.59 Å². The van der Waals surface area contributed by atoms with Crippen LogP contribution in [0.3, 0.4) is 0 Å². The number of carbonyl (C=O) groups is 2. The van der Waals surface area contributed by atoms with Gasteiger partial charge in [-0.25, -0.2) is 0 Å². The Hall–Kier alpha value is -1.22. The van der Waals surface area contributed by atoms with Crippen LogP contribution in [0.2, 0.25) is 0 Å². The van der Waals surface area contributed by atoms with Crippen LogP contribution >= 0.6 is 0 Å². The van der Waals surface area contributed by atoms with Gasteiger partial charge in [-0.15, -0.1) is 0 Å². The van der Waals surface area contributed by atoms with E-state index in [2.05, 4.69) is 37.5 Å². The molecule has 0 aromatic heterocycles. The van der Waals surface area contributed by atoms with Crippen molar-refractivity contribution in [2.24, 2.45) is 11.8 Å². The second-order valence-corrected chi connectivity index (χ2v) is 17.5. The van der Waals surface area contributed by atoms with Gasteiger partial charge in [0.15, 0.2) is 0 Å². The summed E-state index contributed by atoms with van der Waals surface area (Å²) in [5.74, 6) is 1.98. The molecule has 0 aromatic carbocycles. The minimum absolute atomic E-state index is 0.0695. The molecule has 0 atom stereocenters. The zero-order chi connectivity index (χ0) is 42.0. The van der Waals surface area contributed by atoms with Gasteiger partial charge in [-0.3, -0.25) is 9.59 Å². The Morgan fingerprint density at radius 1 is 0.397 bits per heavy atom. The first-order valence-corrected chi connectivity index (χ1v) is 25.4. The topological polar surface area (TPSA) is 77.5 Å². The van der Waals surface area contributed by atoms with Gasteiger partial charge in [0.05, 0.1) is 26.4 Å². The van der Waals surface area contributed by atoms with Crippen LogP contribution in [0, 0.1) is 11.8 Å². The Kier molecular flexibility index (Phi) is 40.1. The Bertz CT molecular complexity index is 870. The van der Waals surface area contributed by atoms with E-state index in [0.717, 1.165) is 76.8 Å². The third-order valence-corrected chi connectivity index (χ3v) is 12.8. The number of esters is 2. The normalized spacial score (nSPS) is 14.7. The zero-order valence-corrected chi connectivity index (χ0v) is 39.2. The Morgan fingerprint density at radius 2 is 0.690 bits per heavy atom. The second-order valence-electron chi connectivity index (χ2n) is 17.5. The van der Waals surface area contributed by atoms with E-state index in [1.54, 1.807) is 0 Å². The molecule has 2 saturated carbocycles. The number of hydrogen-bond donors (Lipinski definition) is 0. The first-order chi connectivity index (χ1) is 28.5. The van der Waals surface area contributed by atoms with E-state index in [4.69, 9.17) is 18.9 Å². The van der Waals surface area contributed by atoms with E-state index in [1.807, 2.05) is 0 Å². The predicted molar refractivity (Wildman–Crippen MR) is 245 cm³/mol. The number of unbranched alkanes of at least 4 members (excludes halogenated alkanes) is 16. The maximum absolute atomic E-state index is 11.7. The van der Waals surface area contributed by atoms with Gasteiger partial charge in [0.25, 0.3) is 0 Å². The molecule has 0 aromatic rings. The molecule has 8 nitrogen and oxygen atoms in total. The predicted octanol–water partition coefficient (Wildman–Crippen LogP) is 12.7. The summed E-state index contributed by atoms with van der Waals surface area (Å²) in [6, 6.07) is 0. The van der Waals surface area contributed by atoms with Crippen molar-refractivity contribution in [2.45, 2.75) is 220 Å². The molecule has 0 N–H and O–H groups in total. The smallest absolute Gasteiger partial charge is 0.305 e. The van der Waals surface area contributed by atoms with Gasteiger partial charge in [0, 0.05) is 25.9 Å². The van der Waals surface area contributed by atoms with Crippen LogP contribution < -0.4 is 0 Å². The lowest BCUT2D eigenvalue weighted by molar-refractivity contribution is -0.146. The lowest BCUT2D eigenvalue weighted by Gasteiger charge is -2.17. The highest BCUT2D eigenvalue weighted by atomic mass is 16.6. The quantitative estimate of drug-likeness (QED) is 0.0447. The summed E-state index contributed by atoms with van der Waals surface area (Å²) < 4.78 is 21.5. The molecule has 0 bridgehead atoms. The van der Waals surface area contributed by atoms with Crippen molar-refractivity contribution in [1.29, 1.82) is 0 Å². The van der Waals surface area contributed by atoms with Crippen LogP contribution in [0.25, 0.3) is 0 Å². The molecule has 2 rings (SSSR count). The third kappa shape index (κ3) is 35.5. The molecule has 8 heteroatoms. The molecule has 0 radical (unpaired) electrons. The van der Waals surface area contributed by atoms with Gasteiger partial charge in [0.1, 0.15) is 13.2 Å². The maximum atomic E-state index is 11.7. The van der Waals surface area contributed by atoms with Gasteiger partial charge in [-0.05, 0) is 50.9 Å². The Morgan fingerprint density at radius 3 is 1.00 bits per heavy atom. The summed E-state index contributed by atoms with van der Waals surface area (Å²) in [6.45, 7) is 17.9. The lowest BCUT2D eigenvalue weighted by Crippen LogP contribution is -2.27. The highest BCUT2D eigenvalue weighted by molar-refractivity contribution is 5.69. The molecule has 2 fully saturated rings. The molecular formula is C50H98N2O6. The standard InChI is InChI=1S/C26H51NO3.C24H47NO3/c1-3-27(4-2)21-22-29-23-24-30-26(28)20-14-12-10-8-6-5-7-9-11-13-17-25-18-15-16-19-25;1-3-25(4-2)19-20-27-21-22-28-24(26)18-12-10-8-6-5-7-9-11-15-23-16-13-14-17-23/h25H,3-24H2,1-2H3;23H,3-22H2,1-2H3. The average Bonchev–Trinajstić information content (AvgIpc) is 3.97. The summed E-state index contributed by atoms with van der Waals surface area (Å²) in [4.78, 5) is 28.1. The van der Waals surface area contributed by atoms with E-state index >= 15 is 0 Å². The largest absolute Gasteiger partial charge is 0.463 e. The zero-order valence-electron chi connectivity index (χ0n) is 39.2. The van der Waals surface area contributed by atoms with Gasteiger partial charge in [0.2, 0.25) is 0 Å². The van der Waals surface area contributed by atoms with Crippen LogP contribution in [0.4, 0.5) is 0 Å². The number of nitrogens with zero attached hydrogens (tertiary/aromatic N) is 2. The minimum Gasteiger partial charge on any atom is -0.463 e.